The van der Waals surface area contributed by atoms with Gasteiger partial charge in [0, 0.05) is 19.0 Å². The number of amides is 1. The normalized spacial score (nSPS) is 29.9. The first-order valence-electron chi connectivity index (χ1n) is 8.60. The molecule has 0 aromatic rings. The Balaban J connectivity index is 1.60. The third-order valence-corrected chi connectivity index (χ3v) is 5.44. The maximum atomic E-state index is 12.0. The Labute approximate surface area is 124 Å². The fraction of sp³-hybridized carbons (Fsp3) is 0.941. The summed E-state index contributed by atoms with van der Waals surface area (Å²) in [7, 11) is 0. The van der Waals surface area contributed by atoms with E-state index in [2.05, 4.69) is 12.2 Å². The second kappa shape index (κ2) is 7.44. The molecule has 2 rings (SSSR count). The van der Waals surface area contributed by atoms with E-state index in [1.807, 2.05) is 0 Å². The van der Waals surface area contributed by atoms with E-state index >= 15 is 0 Å². The summed E-state index contributed by atoms with van der Waals surface area (Å²) in [4.78, 5) is 12.0. The quantitative estimate of drug-likeness (QED) is 0.811. The van der Waals surface area contributed by atoms with Crippen molar-refractivity contribution in [2.24, 2.45) is 17.1 Å². The van der Waals surface area contributed by atoms with Gasteiger partial charge < -0.3 is 11.1 Å². The van der Waals surface area contributed by atoms with Crippen molar-refractivity contribution < 1.29 is 4.79 Å². The van der Waals surface area contributed by atoms with Crippen LogP contribution in [0.5, 0.6) is 0 Å². The maximum absolute atomic E-state index is 12.0. The SMILES string of the molecule is CC1(CNC(=O)CCC2CCC(N)CC2)CCCCC1. The summed E-state index contributed by atoms with van der Waals surface area (Å²) in [5.41, 5.74) is 6.27. The van der Waals surface area contributed by atoms with E-state index in [1.165, 1.54) is 44.9 Å². The molecule has 0 heterocycles. The molecule has 0 unspecified atom stereocenters. The molecule has 2 fully saturated rings. The van der Waals surface area contributed by atoms with Crippen LogP contribution in [-0.2, 0) is 4.79 Å². The van der Waals surface area contributed by atoms with E-state index in [4.69, 9.17) is 5.73 Å². The predicted molar refractivity (Wildman–Crippen MR) is 83.4 cm³/mol. The van der Waals surface area contributed by atoms with E-state index in [9.17, 15) is 4.79 Å². The Hall–Kier alpha value is -0.570. The molecule has 0 aromatic heterocycles. The standard InChI is InChI=1S/C17H32N2O/c1-17(11-3-2-4-12-17)13-19-16(20)10-7-14-5-8-15(18)9-6-14/h14-15H,2-13,18H2,1H3,(H,19,20). The fourth-order valence-corrected chi connectivity index (χ4v) is 3.79. The van der Waals surface area contributed by atoms with Crippen LogP contribution in [0.2, 0.25) is 0 Å². The average Bonchev–Trinajstić information content (AvgIpc) is 2.45. The lowest BCUT2D eigenvalue weighted by Gasteiger charge is -2.33. The van der Waals surface area contributed by atoms with Crippen LogP contribution in [0.25, 0.3) is 0 Å². The monoisotopic (exact) mass is 280 g/mol. The number of nitrogens with one attached hydrogen (secondary N) is 1. The first kappa shape index (κ1) is 15.8. The van der Waals surface area contributed by atoms with Crippen molar-refractivity contribution in [3.05, 3.63) is 0 Å². The Bertz CT molecular complexity index is 302. The lowest BCUT2D eigenvalue weighted by Crippen LogP contribution is -2.37. The molecule has 2 saturated carbocycles. The largest absolute Gasteiger partial charge is 0.356 e. The molecule has 3 N–H and O–H groups in total. The van der Waals surface area contributed by atoms with Crippen LogP contribution in [0.15, 0.2) is 0 Å². The molecule has 0 radical (unpaired) electrons. The molecular formula is C17H32N2O. The third kappa shape index (κ3) is 5.08. The number of hydrogen-bond donors (Lipinski definition) is 2. The molecule has 3 heteroatoms. The zero-order chi connectivity index (χ0) is 14.4. The summed E-state index contributed by atoms with van der Waals surface area (Å²) >= 11 is 0. The summed E-state index contributed by atoms with van der Waals surface area (Å²) in [6, 6.07) is 0.409. The van der Waals surface area contributed by atoms with Gasteiger partial charge in [-0.1, -0.05) is 26.2 Å². The van der Waals surface area contributed by atoms with Crippen LogP contribution in [-0.4, -0.2) is 18.5 Å². The van der Waals surface area contributed by atoms with Gasteiger partial charge in [0.05, 0.1) is 0 Å². The molecule has 0 aromatic carbocycles. The van der Waals surface area contributed by atoms with Crippen LogP contribution in [0.3, 0.4) is 0 Å². The van der Waals surface area contributed by atoms with Crippen molar-refractivity contribution in [2.75, 3.05) is 6.54 Å². The van der Waals surface area contributed by atoms with Gasteiger partial charge in [0.1, 0.15) is 0 Å². The molecule has 0 atom stereocenters. The highest BCUT2D eigenvalue weighted by molar-refractivity contribution is 5.75. The molecule has 2 aliphatic rings. The second-order valence-electron chi connectivity index (χ2n) is 7.47. The van der Waals surface area contributed by atoms with Crippen LogP contribution < -0.4 is 11.1 Å². The van der Waals surface area contributed by atoms with Gasteiger partial charge in [-0.15, -0.1) is 0 Å². The molecule has 0 saturated heterocycles. The number of nitrogens with two attached hydrogens (primary N) is 1. The van der Waals surface area contributed by atoms with Crippen LogP contribution in [0, 0.1) is 11.3 Å². The molecule has 0 aliphatic heterocycles. The van der Waals surface area contributed by atoms with Crippen LogP contribution in [0.4, 0.5) is 0 Å². The number of carbonyl (C=O) groups is 1. The van der Waals surface area contributed by atoms with E-state index in [0.29, 0.717) is 17.9 Å². The number of rotatable bonds is 5. The van der Waals surface area contributed by atoms with Crippen molar-refractivity contribution in [1.29, 1.82) is 0 Å². The maximum Gasteiger partial charge on any atom is 0.220 e. The Kier molecular flexibility index (Phi) is 5.88. The summed E-state index contributed by atoms with van der Waals surface area (Å²) in [6.45, 7) is 3.20. The van der Waals surface area contributed by atoms with Crippen LogP contribution >= 0.6 is 0 Å². The minimum atomic E-state index is 0.256. The highest BCUT2D eigenvalue weighted by Gasteiger charge is 2.27. The van der Waals surface area contributed by atoms with E-state index in [-0.39, 0.29) is 5.91 Å². The first-order valence-corrected chi connectivity index (χ1v) is 8.60. The van der Waals surface area contributed by atoms with Crippen LogP contribution in [0.1, 0.15) is 77.6 Å². The van der Waals surface area contributed by atoms with E-state index in [1.54, 1.807) is 0 Å². The molecule has 3 nitrogen and oxygen atoms in total. The molecule has 1 amide bonds. The Morgan fingerprint density at radius 2 is 1.80 bits per heavy atom. The van der Waals surface area contributed by atoms with Gasteiger partial charge in [-0.3, -0.25) is 4.79 Å². The van der Waals surface area contributed by atoms with Crippen molar-refractivity contribution in [3.63, 3.8) is 0 Å². The molecule has 0 bridgehead atoms. The minimum absolute atomic E-state index is 0.256. The summed E-state index contributed by atoms with van der Waals surface area (Å²) in [6.07, 6.45) is 13.0. The van der Waals surface area contributed by atoms with Crippen molar-refractivity contribution in [1.82, 2.24) is 5.32 Å². The fourth-order valence-electron chi connectivity index (χ4n) is 3.79. The molecule has 0 spiro atoms. The van der Waals surface area contributed by atoms with Gasteiger partial charge in [0.2, 0.25) is 5.91 Å². The smallest absolute Gasteiger partial charge is 0.220 e. The molecule has 116 valence electrons. The molecular weight excluding hydrogens is 248 g/mol. The zero-order valence-corrected chi connectivity index (χ0v) is 13.1. The number of carbonyl (C=O) groups excluding carboxylic acids is 1. The lowest BCUT2D eigenvalue weighted by molar-refractivity contribution is -0.122. The second-order valence-corrected chi connectivity index (χ2v) is 7.47. The van der Waals surface area contributed by atoms with Gasteiger partial charge in [-0.05, 0) is 56.3 Å². The first-order chi connectivity index (χ1) is 9.57. The summed E-state index contributed by atoms with van der Waals surface area (Å²) in [5.74, 6) is 0.984. The predicted octanol–water partition coefficient (Wildman–Crippen LogP) is 3.37. The highest BCUT2D eigenvalue weighted by Crippen LogP contribution is 2.35. The molecule has 2 aliphatic carbocycles. The molecule has 20 heavy (non-hydrogen) atoms. The van der Waals surface area contributed by atoms with Gasteiger partial charge in [-0.25, -0.2) is 0 Å². The summed E-state index contributed by atoms with van der Waals surface area (Å²) < 4.78 is 0. The van der Waals surface area contributed by atoms with E-state index < -0.39 is 0 Å². The number of hydrogen-bond acceptors (Lipinski definition) is 2. The van der Waals surface area contributed by atoms with Crippen molar-refractivity contribution in [3.8, 4) is 0 Å². The third-order valence-electron chi connectivity index (χ3n) is 5.44. The van der Waals surface area contributed by atoms with Crippen molar-refractivity contribution in [2.45, 2.75) is 83.6 Å². The Morgan fingerprint density at radius 3 is 2.45 bits per heavy atom. The average molecular weight is 280 g/mol. The van der Waals surface area contributed by atoms with Crippen molar-refractivity contribution >= 4 is 5.91 Å². The topological polar surface area (TPSA) is 55.1 Å². The zero-order valence-electron chi connectivity index (χ0n) is 13.1. The minimum Gasteiger partial charge on any atom is -0.356 e. The van der Waals surface area contributed by atoms with E-state index in [0.717, 1.165) is 31.7 Å². The van der Waals surface area contributed by atoms with Gasteiger partial charge in [0.15, 0.2) is 0 Å². The lowest BCUT2D eigenvalue weighted by atomic mass is 9.75. The summed E-state index contributed by atoms with van der Waals surface area (Å²) in [5, 5.41) is 3.18. The van der Waals surface area contributed by atoms with Gasteiger partial charge >= 0.3 is 0 Å². The highest BCUT2D eigenvalue weighted by atomic mass is 16.1. The Morgan fingerprint density at radius 1 is 1.15 bits per heavy atom. The van der Waals surface area contributed by atoms with Gasteiger partial charge in [0.25, 0.3) is 0 Å². The van der Waals surface area contributed by atoms with Gasteiger partial charge in [-0.2, -0.15) is 0 Å².